The molecule has 1 nitrogen and oxygen atoms in total. The maximum Gasteiger partial charge on any atom is 0.0588 e. The molecular formula is C11H24OS. The fourth-order valence-electron chi connectivity index (χ4n) is 1.12. The topological polar surface area (TPSA) is 20.2 Å². The van der Waals surface area contributed by atoms with Crippen molar-refractivity contribution in [2.24, 2.45) is 5.41 Å². The van der Waals surface area contributed by atoms with Crippen LogP contribution in [-0.2, 0) is 0 Å². The zero-order valence-electron chi connectivity index (χ0n) is 9.47. The van der Waals surface area contributed by atoms with Crippen LogP contribution >= 0.6 is 11.8 Å². The summed E-state index contributed by atoms with van der Waals surface area (Å²) in [6, 6.07) is 0. The molecule has 0 fully saturated rings. The number of hydrogen-bond donors (Lipinski definition) is 1. The van der Waals surface area contributed by atoms with Gasteiger partial charge in [0.25, 0.3) is 0 Å². The molecule has 0 amide bonds. The van der Waals surface area contributed by atoms with Gasteiger partial charge in [-0.3, -0.25) is 0 Å². The smallest absolute Gasteiger partial charge is 0.0588 e. The minimum absolute atomic E-state index is 0.0535. The molecule has 0 aliphatic heterocycles. The molecule has 0 aromatic carbocycles. The molecule has 0 heterocycles. The molecule has 0 spiro atoms. The van der Waals surface area contributed by atoms with E-state index in [0.29, 0.717) is 0 Å². The largest absolute Gasteiger partial charge is 0.393 e. The van der Waals surface area contributed by atoms with Crippen molar-refractivity contribution >= 4 is 11.8 Å². The van der Waals surface area contributed by atoms with Crippen molar-refractivity contribution in [2.75, 3.05) is 11.5 Å². The molecule has 0 radical (unpaired) electrons. The minimum atomic E-state index is -0.140. The highest BCUT2D eigenvalue weighted by atomic mass is 32.2. The van der Waals surface area contributed by atoms with Gasteiger partial charge >= 0.3 is 0 Å². The lowest BCUT2D eigenvalue weighted by Gasteiger charge is -2.25. The van der Waals surface area contributed by atoms with Gasteiger partial charge in [0.05, 0.1) is 6.10 Å². The molecule has 0 aromatic heterocycles. The van der Waals surface area contributed by atoms with Crippen molar-refractivity contribution in [3.05, 3.63) is 0 Å². The highest BCUT2D eigenvalue weighted by Crippen LogP contribution is 2.23. The highest BCUT2D eigenvalue weighted by molar-refractivity contribution is 7.99. The Morgan fingerprint density at radius 1 is 1.23 bits per heavy atom. The minimum Gasteiger partial charge on any atom is -0.393 e. The number of hydrogen-bond acceptors (Lipinski definition) is 2. The number of thioether (sulfide) groups is 1. The Kier molecular flexibility index (Phi) is 6.88. The highest BCUT2D eigenvalue weighted by Gasteiger charge is 2.20. The summed E-state index contributed by atoms with van der Waals surface area (Å²) in [5.74, 6) is 2.45. The van der Waals surface area contributed by atoms with E-state index in [9.17, 15) is 5.11 Å². The van der Waals surface area contributed by atoms with Crippen LogP contribution in [0.25, 0.3) is 0 Å². The molecule has 0 aliphatic rings. The Balaban J connectivity index is 3.32. The number of rotatable bonds is 6. The van der Waals surface area contributed by atoms with Gasteiger partial charge in [0, 0.05) is 0 Å². The van der Waals surface area contributed by atoms with E-state index in [0.717, 1.165) is 12.8 Å². The average molecular weight is 204 g/mol. The zero-order chi connectivity index (χ0) is 10.3. The third-order valence-corrected chi connectivity index (χ3v) is 3.21. The Morgan fingerprint density at radius 2 is 1.85 bits per heavy atom. The van der Waals surface area contributed by atoms with Gasteiger partial charge in [-0.2, -0.15) is 11.8 Å². The summed E-state index contributed by atoms with van der Waals surface area (Å²) in [5, 5.41) is 9.74. The third-order valence-electron chi connectivity index (χ3n) is 2.22. The van der Waals surface area contributed by atoms with Crippen molar-refractivity contribution in [3.63, 3.8) is 0 Å². The summed E-state index contributed by atoms with van der Waals surface area (Å²) in [5.41, 5.74) is 0.0535. The van der Waals surface area contributed by atoms with E-state index < -0.39 is 0 Å². The molecule has 0 aromatic rings. The van der Waals surface area contributed by atoms with Gasteiger partial charge < -0.3 is 5.11 Å². The van der Waals surface area contributed by atoms with Gasteiger partial charge in [-0.25, -0.2) is 0 Å². The van der Waals surface area contributed by atoms with Crippen LogP contribution in [0, 0.1) is 5.41 Å². The molecule has 0 aliphatic carbocycles. The van der Waals surface area contributed by atoms with E-state index in [4.69, 9.17) is 0 Å². The van der Waals surface area contributed by atoms with Crippen LogP contribution in [0.1, 0.15) is 47.0 Å². The molecule has 0 saturated heterocycles. The molecule has 0 bridgehead atoms. The van der Waals surface area contributed by atoms with E-state index in [-0.39, 0.29) is 11.5 Å². The first-order chi connectivity index (χ1) is 5.98. The molecule has 13 heavy (non-hydrogen) atoms. The first-order valence-electron chi connectivity index (χ1n) is 5.24. The summed E-state index contributed by atoms with van der Waals surface area (Å²) >= 11 is 1.99. The second-order valence-corrected chi connectivity index (χ2v) is 5.97. The van der Waals surface area contributed by atoms with Gasteiger partial charge in [-0.05, 0) is 29.8 Å². The Bertz CT molecular complexity index is 118. The van der Waals surface area contributed by atoms with E-state index in [1.165, 1.54) is 17.9 Å². The molecule has 0 saturated carbocycles. The van der Waals surface area contributed by atoms with E-state index in [2.05, 4.69) is 27.7 Å². The molecule has 0 rings (SSSR count). The maximum absolute atomic E-state index is 9.74. The Hall–Kier alpha value is 0.310. The molecule has 1 atom stereocenters. The first-order valence-corrected chi connectivity index (χ1v) is 6.39. The molecule has 80 valence electrons. The second-order valence-electron chi connectivity index (χ2n) is 4.57. The average Bonchev–Trinajstić information content (AvgIpc) is 2.02. The van der Waals surface area contributed by atoms with Gasteiger partial charge in [-0.1, -0.05) is 34.1 Å². The van der Waals surface area contributed by atoms with Crippen LogP contribution in [0.15, 0.2) is 0 Å². The molecule has 2 heteroatoms. The zero-order valence-corrected chi connectivity index (χ0v) is 10.3. The fourth-order valence-corrected chi connectivity index (χ4v) is 1.82. The molecule has 1 N–H and O–H groups in total. The van der Waals surface area contributed by atoms with Crippen LogP contribution in [0.4, 0.5) is 0 Å². The predicted molar refractivity (Wildman–Crippen MR) is 62.3 cm³/mol. The Morgan fingerprint density at radius 3 is 2.31 bits per heavy atom. The van der Waals surface area contributed by atoms with Crippen molar-refractivity contribution in [1.29, 1.82) is 0 Å². The lowest BCUT2D eigenvalue weighted by molar-refractivity contribution is 0.0539. The monoisotopic (exact) mass is 204 g/mol. The fraction of sp³-hybridized carbons (Fsp3) is 1.00. The lowest BCUT2D eigenvalue weighted by atomic mass is 9.86. The van der Waals surface area contributed by atoms with E-state index in [1.807, 2.05) is 11.8 Å². The van der Waals surface area contributed by atoms with E-state index in [1.54, 1.807) is 0 Å². The number of aliphatic hydroxyl groups is 1. The van der Waals surface area contributed by atoms with Crippen LogP contribution in [0.3, 0.4) is 0 Å². The van der Waals surface area contributed by atoms with Crippen LogP contribution in [-0.4, -0.2) is 22.7 Å². The van der Waals surface area contributed by atoms with Gasteiger partial charge in [0.2, 0.25) is 0 Å². The number of aliphatic hydroxyl groups excluding tert-OH is 1. The van der Waals surface area contributed by atoms with Crippen molar-refractivity contribution in [1.82, 2.24) is 0 Å². The summed E-state index contributed by atoms with van der Waals surface area (Å²) < 4.78 is 0. The first kappa shape index (κ1) is 13.3. The van der Waals surface area contributed by atoms with E-state index >= 15 is 0 Å². The van der Waals surface area contributed by atoms with Crippen LogP contribution in [0.5, 0.6) is 0 Å². The van der Waals surface area contributed by atoms with Crippen molar-refractivity contribution in [2.45, 2.75) is 53.1 Å². The summed E-state index contributed by atoms with van der Waals surface area (Å²) in [7, 11) is 0. The van der Waals surface area contributed by atoms with Crippen molar-refractivity contribution < 1.29 is 5.11 Å². The molecule has 1 unspecified atom stereocenters. The quantitative estimate of drug-likeness (QED) is 0.670. The summed E-state index contributed by atoms with van der Waals surface area (Å²) in [6.45, 7) is 8.48. The van der Waals surface area contributed by atoms with Crippen LogP contribution < -0.4 is 0 Å². The molecular weight excluding hydrogens is 180 g/mol. The lowest BCUT2D eigenvalue weighted by Crippen LogP contribution is -2.25. The van der Waals surface area contributed by atoms with Crippen LogP contribution in [0.2, 0.25) is 0 Å². The second kappa shape index (κ2) is 6.72. The SMILES string of the molecule is CCSCCCCC(O)C(C)(C)C. The Labute approximate surface area is 87.3 Å². The normalized spacial score (nSPS) is 14.5. The standard InChI is InChI=1S/C11H24OS/c1-5-13-9-7-6-8-10(12)11(2,3)4/h10,12H,5-9H2,1-4H3. The van der Waals surface area contributed by atoms with Gasteiger partial charge in [0.1, 0.15) is 0 Å². The maximum atomic E-state index is 9.74. The predicted octanol–water partition coefficient (Wildman–Crippen LogP) is 3.32. The van der Waals surface area contributed by atoms with Crippen molar-refractivity contribution in [3.8, 4) is 0 Å². The van der Waals surface area contributed by atoms with Gasteiger partial charge in [0.15, 0.2) is 0 Å². The summed E-state index contributed by atoms with van der Waals surface area (Å²) in [6.07, 6.45) is 3.21. The number of unbranched alkanes of at least 4 members (excludes halogenated alkanes) is 1. The van der Waals surface area contributed by atoms with Gasteiger partial charge in [-0.15, -0.1) is 0 Å². The summed E-state index contributed by atoms with van der Waals surface area (Å²) in [4.78, 5) is 0. The third kappa shape index (κ3) is 7.39.